The van der Waals surface area contributed by atoms with Gasteiger partial charge in [-0.05, 0) is 17.5 Å². The number of fused-ring (bicyclic) bond motifs is 1. The van der Waals surface area contributed by atoms with Crippen LogP contribution in [0.25, 0.3) is 0 Å². The van der Waals surface area contributed by atoms with E-state index in [2.05, 4.69) is 0 Å². The minimum Gasteiger partial charge on any atom is -0.480 e. The van der Waals surface area contributed by atoms with Gasteiger partial charge in [0, 0.05) is 19.6 Å². The zero-order valence-corrected chi connectivity index (χ0v) is 12.2. The summed E-state index contributed by atoms with van der Waals surface area (Å²) < 4.78 is 27.9. The molecule has 1 aromatic carbocycles. The van der Waals surface area contributed by atoms with Crippen LogP contribution in [0.3, 0.4) is 0 Å². The van der Waals surface area contributed by atoms with Gasteiger partial charge in [-0.15, -0.1) is 0 Å². The SMILES string of the molecule is O=C(O)C1CC=CCN1S(=O)(=O)N1Cc2ccccc2C1. The third-order valence-corrected chi connectivity index (χ3v) is 5.79. The fraction of sp³-hybridized carbons (Fsp3) is 0.357. The summed E-state index contributed by atoms with van der Waals surface area (Å²) in [4.78, 5) is 11.3. The molecule has 2 aliphatic heterocycles. The molecular weight excluding hydrogens is 292 g/mol. The van der Waals surface area contributed by atoms with E-state index in [4.69, 9.17) is 0 Å². The fourth-order valence-corrected chi connectivity index (χ4v) is 4.41. The zero-order chi connectivity index (χ0) is 15.0. The minimum atomic E-state index is -3.79. The number of hydrogen-bond donors (Lipinski definition) is 1. The van der Waals surface area contributed by atoms with Crippen molar-refractivity contribution in [1.29, 1.82) is 0 Å². The van der Waals surface area contributed by atoms with Crippen molar-refractivity contribution >= 4 is 16.2 Å². The maximum Gasteiger partial charge on any atom is 0.322 e. The summed E-state index contributed by atoms with van der Waals surface area (Å²) in [5.41, 5.74) is 1.95. The van der Waals surface area contributed by atoms with Crippen molar-refractivity contribution in [3.8, 4) is 0 Å². The summed E-state index contributed by atoms with van der Waals surface area (Å²) in [7, 11) is -3.79. The van der Waals surface area contributed by atoms with Gasteiger partial charge in [-0.3, -0.25) is 4.79 Å². The lowest BCUT2D eigenvalue weighted by molar-refractivity contribution is -0.141. The predicted molar refractivity (Wildman–Crippen MR) is 76.5 cm³/mol. The molecule has 3 rings (SSSR count). The lowest BCUT2D eigenvalue weighted by Gasteiger charge is -2.32. The Morgan fingerprint density at radius 1 is 1.14 bits per heavy atom. The quantitative estimate of drug-likeness (QED) is 0.844. The Bertz CT molecular complexity index is 674. The lowest BCUT2D eigenvalue weighted by atomic mass is 10.1. The Morgan fingerprint density at radius 3 is 2.33 bits per heavy atom. The van der Waals surface area contributed by atoms with Crippen LogP contribution in [0.2, 0.25) is 0 Å². The highest BCUT2D eigenvalue weighted by Gasteiger charge is 2.40. The molecule has 0 spiro atoms. The van der Waals surface area contributed by atoms with Crippen molar-refractivity contribution in [2.24, 2.45) is 0 Å². The first-order chi connectivity index (χ1) is 10.00. The second kappa shape index (κ2) is 5.25. The summed E-state index contributed by atoms with van der Waals surface area (Å²) in [6.45, 7) is 0.697. The molecule has 6 nitrogen and oxygen atoms in total. The first-order valence-corrected chi connectivity index (χ1v) is 8.11. The van der Waals surface area contributed by atoms with Crippen molar-refractivity contribution in [2.45, 2.75) is 25.6 Å². The number of nitrogens with zero attached hydrogens (tertiary/aromatic N) is 2. The molecule has 0 radical (unpaired) electrons. The molecule has 0 bridgehead atoms. The van der Waals surface area contributed by atoms with E-state index in [1.807, 2.05) is 24.3 Å². The van der Waals surface area contributed by atoms with E-state index in [-0.39, 0.29) is 13.0 Å². The van der Waals surface area contributed by atoms with Crippen LogP contribution in [-0.2, 0) is 28.1 Å². The van der Waals surface area contributed by atoms with Gasteiger partial charge in [0.1, 0.15) is 6.04 Å². The molecule has 2 aliphatic rings. The summed E-state index contributed by atoms with van der Waals surface area (Å²) in [5, 5.41) is 9.23. The molecule has 0 aromatic heterocycles. The molecule has 0 fully saturated rings. The van der Waals surface area contributed by atoms with Gasteiger partial charge in [-0.2, -0.15) is 17.0 Å². The predicted octanol–water partition coefficient (Wildman–Crippen LogP) is 0.962. The molecule has 0 amide bonds. The van der Waals surface area contributed by atoms with Crippen molar-refractivity contribution in [3.63, 3.8) is 0 Å². The van der Waals surface area contributed by atoms with Crippen molar-refractivity contribution in [3.05, 3.63) is 47.5 Å². The molecule has 0 saturated carbocycles. The molecule has 2 heterocycles. The number of carboxylic acid groups (broad SMARTS) is 1. The van der Waals surface area contributed by atoms with Crippen LogP contribution in [0, 0.1) is 0 Å². The summed E-state index contributed by atoms with van der Waals surface area (Å²) >= 11 is 0. The van der Waals surface area contributed by atoms with Gasteiger partial charge in [0.25, 0.3) is 10.2 Å². The largest absolute Gasteiger partial charge is 0.480 e. The van der Waals surface area contributed by atoms with Crippen molar-refractivity contribution in [1.82, 2.24) is 8.61 Å². The number of hydrogen-bond acceptors (Lipinski definition) is 3. The van der Waals surface area contributed by atoms with E-state index in [1.165, 1.54) is 4.31 Å². The second-order valence-corrected chi connectivity index (χ2v) is 7.06. The topological polar surface area (TPSA) is 77.9 Å². The Hall–Kier alpha value is -1.70. The van der Waals surface area contributed by atoms with E-state index in [0.29, 0.717) is 13.1 Å². The highest BCUT2D eigenvalue weighted by atomic mass is 32.2. The van der Waals surface area contributed by atoms with Crippen LogP contribution in [0.1, 0.15) is 17.5 Å². The van der Waals surface area contributed by atoms with Gasteiger partial charge >= 0.3 is 5.97 Å². The highest BCUT2D eigenvalue weighted by Crippen LogP contribution is 2.28. The van der Waals surface area contributed by atoms with Gasteiger partial charge in [-0.1, -0.05) is 36.4 Å². The standard InChI is InChI=1S/C14H16N2O4S/c17-14(18)13-7-3-4-8-16(13)21(19,20)15-9-11-5-1-2-6-12(11)10-15/h1-6,13H,7-10H2,(H,17,18). The second-order valence-electron chi connectivity index (χ2n) is 5.18. The van der Waals surface area contributed by atoms with E-state index < -0.39 is 22.2 Å². The summed E-state index contributed by atoms with van der Waals surface area (Å²) in [6, 6.07) is 6.52. The van der Waals surface area contributed by atoms with Crippen molar-refractivity contribution < 1.29 is 18.3 Å². The average Bonchev–Trinajstić information content (AvgIpc) is 2.92. The van der Waals surface area contributed by atoms with Gasteiger partial charge in [0.15, 0.2) is 0 Å². The smallest absolute Gasteiger partial charge is 0.322 e. The Balaban J connectivity index is 1.88. The molecule has 0 aliphatic carbocycles. The van der Waals surface area contributed by atoms with Crippen LogP contribution in [0.15, 0.2) is 36.4 Å². The number of rotatable bonds is 3. The van der Waals surface area contributed by atoms with Crippen LogP contribution in [-0.4, -0.2) is 40.7 Å². The number of aliphatic carboxylic acids is 1. The Labute approximate surface area is 123 Å². The fourth-order valence-electron chi connectivity index (χ4n) is 2.74. The van der Waals surface area contributed by atoms with E-state index in [9.17, 15) is 18.3 Å². The highest BCUT2D eigenvalue weighted by molar-refractivity contribution is 7.86. The molecular formula is C14H16N2O4S. The third-order valence-electron chi connectivity index (χ3n) is 3.88. The Morgan fingerprint density at radius 2 is 1.76 bits per heavy atom. The molecule has 1 atom stereocenters. The van der Waals surface area contributed by atoms with E-state index in [1.54, 1.807) is 12.2 Å². The molecule has 112 valence electrons. The molecule has 1 unspecified atom stereocenters. The number of carboxylic acids is 1. The van der Waals surface area contributed by atoms with E-state index in [0.717, 1.165) is 15.4 Å². The summed E-state index contributed by atoms with van der Waals surface area (Å²) in [5.74, 6) is -1.11. The maximum absolute atomic E-state index is 12.7. The van der Waals surface area contributed by atoms with Gasteiger partial charge in [0.05, 0.1) is 0 Å². The van der Waals surface area contributed by atoms with Crippen molar-refractivity contribution in [2.75, 3.05) is 6.54 Å². The zero-order valence-electron chi connectivity index (χ0n) is 11.3. The first-order valence-electron chi connectivity index (χ1n) is 6.71. The first kappa shape index (κ1) is 14.2. The van der Waals surface area contributed by atoms with Crippen LogP contribution < -0.4 is 0 Å². The molecule has 1 aromatic rings. The summed E-state index contributed by atoms with van der Waals surface area (Å²) in [6.07, 6.45) is 3.61. The minimum absolute atomic E-state index is 0.103. The molecule has 7 heteroatoms. The number of carbonyl (C=O) groups is 1. The average molecular weight is 308 g/mol. The normalized spacial score (nSPS) is 23.1. The van der Waals surface area contributed by atoms with Gasteiger partial charge < -0.3 is 5.11 Å². The van der Waals surface area contributed by atoms with Gasteiger partial charge in [-0.25, -0.2) is 0 Å². The van der Waals surface area contributed by atoms with Gasteiger partial charge in [0.2, 0.25) is 0 Å². The third kappa shape index (κ3) is 2.48. The number of benzene rings is 1. The van der Waals surface area contributed by atoms with Crippen LogP contribution in [0.5, 0.6) is 0 Å². The van der Waals surface area contributed by atoms with E-state index >= 15 is 0 Å². The van der Waals surface area contributed by atoms with Crippen LogP contribution in [0.4, 0.5) is 0 Å². The molecule has 0 saturated heterocycles. The molecule has 1 N–H and O–H groups in total. The monoisotopic (exact) mass is 308 g/mol. The Kier molecular flexibility index (Phi) is 3.56. The van der Waals surface area contributed by atoms with Crippen LogP contribution >= 0.6 is 0 Å². The molecule has 21 heavy (non-hydrogen) atoms. The lowest BCUT2D eigenvalue weighted by Crippen LogP contribution is -2.51. The maximum atomic E-state index is 12.7.